The van der Waals surface area contributed by atoms with E-state index in [1.54, 1.807) is 11.9 Å². The van der Waals surface area contributed by atoms with Crippen LogP contribution in [0.5, 0.6) is 5.75 Å². The lowest BCUT2D eigenvalue weighted by molar-refractivity contribution is 0.415. The fourth-order valence-corrected chi connectivity index (χ4v) is 1.90. The fourth-order valence-electron chi connectivity index (χ4n) is 1.90. The summed E-state index contributed by atoms with van der Waals surface area (Å²) in [6.45, 7) is 5.00. The second kappa shape index (κ2) is 5.67. The predicted octanol–water partition coefficient (Wildman–Crippen LogP) is 2.93. The van der Waals surface area contributed by atoms with E-state index in [1.807, 2.05) is 31.2 Å². The largest absolute Gasteiger partial charge is 0.497 e. The lowest BCUT2D eigenvalue weighted by atomic mass is 10.1. The molecule has 0 amide bonds. The maximum atomic E-state index is 5.17. The van der Waals surface area contributed by atoms with Crippen molar-refractivity contribution in [2.75, 3.05) is 7.11 Å². The minimum Gasteiger partial charge on any atom is -0.497 e. The highest BCUT2D eigenvalue weighted by atomic mass is 16.5. The van der Waals surface area contributed by atoms with Gasteiger partial charge in [-0.25, -0.2) is 0 Å². The van der Waals surface area contributed by atoms with Crippen LogP contribution >= 0.6 is 0 Å². The van der Waals surface area contributed by atoms with Gasteiger partial charge in [-0.3, -0.25) is 0 Å². The van der Waals surface area contributed by atoms with E-state index >= 15 is 0 Å². The summed E-state index contributed by atoms with van der Waals surface area (Å²) < 4.78 is 5.17. The lowest BCUT2D eigenvalue weighted by Crippen LogP contribution is -1.98. The van der Waals surface area contributed by atoms with Crippen LogP contribution in [-0.2, 0) is 13.0 Å². The maximum absolute atomic E-state index is 5.17. The Morgan fingerprint density at radius 2 is 1.83 bits per heavy atom. The first-order chi connectivity index (χ1) is 8.78. The number of benzene rings is 1. The van der Waals surface area contributed by atoms with E-state index < -0.39 is 0 Å². The first-order valence-corrected chi connectivity index (χ1v) is 6.36. The van der Waals surface area contributed by atoms with Gasteiger partial charge in [-0.15, -0.1) is 0 Å². The van der Waals surface area contributed by atoms with E-state index in [9.17, 15) is 0 Å². The average molecular weight is 245 g/mol. The molecule has 4 heteroatoms. The maximum Gasteiger partial charge on any atom is 0.118 e. The van der Waals surface area contributed by atoms with E-state index in [4.69, 9.17) is 4.74 Å². The van der Waals surface area contributed by atoms with Crippen LogP contribution in [0.3, 0.4) is 0 Å². The van der Waals surface area contributed by atoms with Crippen LogP contribution in [0.25, 0.3) is 11.3 Å². The SMILES string of the molecule is CCCc1nn(CC)nc1-c1ccc(OC)cc1. The van der Waals surface area contributed by atoms with Gasteiger partial charge in [-0.2, -0.15) is 15.0 Å². The zero-order chi connectivity index (χ0) is 13.0. The Labute approximate surface area is 108 Å². The topological polar surface area (TPSA) is 39.9 Å². The molecule has 0 saturated carbocycles. The molecule has 96 valence electrons. The number of rotatable bonds is 5. The molecular weight excluding hydrogens is 226 g/mol. The summed E-state index contributed by atoms with van der Waals surface area (Å²) >= 11 is 0. The molecule has 0 radical (unpaired) electrons. The first kappa shape index (κ1) is 12.6. The lowest BCUT2D eigenvalue weighted by Gasteiger charge is -2.02. The summed E-state index contributed by atoms with van der Waals surface area (Å²) in [5, 5.41) is 9.05. The second-order valence-corrected chi connectivity index (χ2v) is 4.16. The van der Waals surface area contributed by atoms with Gasteiger partial charge in [0.2, 0.25) is 0 Å². The smallest absolute Gasteiger partial charge is 0.118 e. The quantitative estimate of drug-likeness (QED) is 0.813. The Kier molecular flexibility index (Phi) is 3.97. The third-order valence-corrected chi connectivity index (χ3v) is 2.86. The average Bonchev–Trinajstić information content (AvgIpc) is 2.82. The van der Waals surface area contributed by atoms with Crippen LogP contribution in [0.15, 0.2) is 24.3 Å². The number of nitrogens with zero attached hydrogens (tertiary/aromatic N) is 3. The Bertz CT molecular complexity index is 502. The van der Waals surface area contributed by atoms with Gasteiger partial charge in [0.25, 0.3) is 0 Å². The van der Waals surface area contributed by atoms with Gasteiger partial charge < -0.3 is 4.74 Å². The molecule has 0 aliphatic rings. The van der Waals surface area contributed by atoms with Crippen LogP contribution in [0.1, 0.15) is 26.0 Å². The molecule has 2 aromatic rings. The molecule has 0 atom stereocenters. The molecule has 18 heavy (non-hydrogen) atoms. The molecule has 4 nitrogen and oxygen atoms in total. The van der Waals surface area contributed by atoms with Gasteiger partial charge in [0.15, 0.2) is 0 Å². The molecule has 0 aliphatic carbocycles. The van der Waals surface area contributed by atoms with Crippen LogP contribution in [-0.4, -0.2) is 22.1 Å². The summed E-state index contributed by atoms with van der Waals surface area (Å²) in [5.41, 5.74) is 3.16. The third-order valence-electron chi connectivity index (χ3n) is 2.86. The van der Waals surface area contributed by atoms with Crippen molar-refractivity contribution in [1.29, 1.82) is 0 Å². The summed E-state index contributed by atoms with van der Waals surface area (Å²) in [6, 6.07) is 7.97. The monoisotopic (exact) mass is 245 g/mol. The molecule has 0 N–H and O–H groups in total. The highest BCUT2D eigenvalue weighted by Gasteiger charge is 2.11. The van der Waals surface area contributed by atoms with Crippen LogP contribution in [0, 0.1) is 0 Å². The fraction of sp³-hybridized carbons (Fsp3) is 0.429. The number of hydrogen-bond acceptors (Lipinski definition) is 3. The first-order valence-electron chi connectivity index (χ1n) is 6.36. The zero-order valence-electron chi connectivity index (χ0n) is 11.2. The van der Waals surface area contributed by atoms with Crippen molar-refractivity contribution in [2.24, 2.45) is 0 Å². The van der Waals surface area contributed by atoms with Crippen LogP contribution in [0.2, 0.25) is 0 Å². The number of methoxy groups -OCH3 is 1. The molecule has 0 unspecified atom stereocenters. The standard InChI is InChI=1S/C14H19N3O/c1-4-6-13-14(16-17(5-2)15-13)11-7-9-12(18-3)10-8-11/h7-10H,4-6H2,1-3H3. The summed E-state index contributed by atoms with van der Waals surface area (Å²) in [7, 11) is 1.67. The van der Waals surface area contributed by atoms with E-state index in [-0.39, 0.29) is 0 Å². The van der Waals surface area contributed by atoms with Crippen molar-refractivity contribution in [3.05, 3.63) is 30.0 Å². The predicted molar refractivity (Wildman–Crippen MR) is 71.7 cm³/mol. The molecule has 0 saturated heterocycles. The highest BCUT2D eigenvalue weighted by molar-refractivity contribution is 5.62. The summed E-state index contributed by atoms with van der Waals surface area (Å²) in [5.74, 6) is 0.860. The molecule has 0 bridgehead atoms. The van der Waals surface area contributed by atoms with Gasteiger partial charge in [0.05, 0.1) is 19.3 Å². The van der Waals surface area contributed by atoms with E-state index in [0.717, 1.165) is 42.1 Å². The van der Waals surface area contributed by atoms with Crippen molar-refractivity contribution in [2.45, 2.75) is 33.2 Å². The van der Waals surface area contributed by atoms with Gasteiger partial charge in [-0.05, 0) is 37.6 Å². The molecule has 1 heterocycles. The molecule has 2 rings (SSSR count). The molecule has 1 aromatic carbocycles. The van der Waals surface area contributed by atoms with Crippen molar-refractivity contribution in [3.8, 4) is 17.0 Å². The molecule has 1 aromatic heterocycles. The van der Waals surface area contributed by atoms with Crippen molar-refractivity contribution in [3.63, 3.8) is 0 Å². The Morgan fingerprint density at radius 1 is 1.11 bits per heavy atom. The van der Waals surface area contributed by atoms with E-state index in [0.29, 0.717) is 0 Å². The molecule has 0 aliphatic heterocycles. The van der Waals surface area contributed by atoms with Crippen LogP contribution < -0.4 is 4.74 Å². The number of ether oxygens (including phenoxy) is 1. The normalized spacial score (nSPS) is 10.6. The van der Waals surface area contributed by atoms with Crippen LogP contribution in [0.4, 0.5) is 0 Å². The highest BCUT2D eigenvalue weighted by Crippen LogP contribution is 2.23. The van der Waals surface area contributed by atoms with Gasteiger partial charge in [-0.1, -0.05) is 13.3 Å². The molecule has 0 spiro atoms. The van der Waals surface area contributed by atoms with E-state index in [2.05, 4.69) is 17.1 Å². The van der Waals surface area contributed by atoms with Gasteiger partial charge in [0, 0.05) is 5.56 Å². The Morgan fingerprint density at radius 3 is 2.39 bits per heavy atom. The minimum atomic E-state index is 0.798. The molecule has 0 fully saturated rings. The minimum absolute atomic E-state index is 0.798. The Hall–Kier alpha value is -1.84. The summed E-state index contributed by atoms with van der Waals surface area (Å²) in [4.78, 5) is 1.75. The number of aryl methyl sites for hydroxylation is 2. The third kappa shape index (κ3) is 2.53. The number of aromatic nitrogens is 3. The second-order valence-electron chi connectivity index (χ2n) is 4.16. The zero-order valence-corrected chi connectivity index (χ0v) is 11.2. The van der Waals surface area contributed by atoms with Crippen molar-refractivity contribution >= 4 is 0 Å². The molecular formula is C14H19N3O. The van der Waals surface area contributed by atoms with Gasteiger partial charge >= 0.3 is 0 Å². The number of hydrogen-bond donors (Lipinski definition) is 0. The van der Waals surface area contributed by atoms with Crippen molar-refractivity contribution in [1.82, 2.24) is 15.0 Å². The van der Waals surface area contributed by atoms with E-state index in [1.165, 1.54) is 0 Å². The van der Waals surface area contributed by atoms with Gasteiger partial charge in [0.1, 0.15) is 11.4 Å². The summed E-state index contributed by atoms with van der Waals surface area (Å²) in [6.07, 6.45) is 2.03. The van der Waals surface area contributed by atoms with Crippen molar-refractivity contribution < 1.29 is 4.74 Å². The Balaban J connectivity index is 2.37.